The Morgan fingerprint density at radius 2 is 2.10 bits per heavy atom. The molecule has 0 atom stereocenters. The number of aryl methyl sites for hydroxylation is 1. The van der Waals surface area contributed by atoms with E-state index in [1.807, 2.05) is 13.2 Å². The van der Waals surface area contributed by atoms with E-state index < -0.39 is 10.0 Å². The van der Waals surface area contributed by atoms with Gasteiger partial charge in [-0.15, -0.1) is 0 Å². The van der Waals surface area contributed by atoms with E-state index >= 15 is 0 Å². The highest BCUT2D eigenvalue weighted by molar-refractivity contribution is 7.89. The van der Waals surface area contributed by atoms with Gasteiger partial charge in [-0.1, -0.05) is 18.2 Å². The lowest BCUT2D eigenvalue weighted by Gasteiger charge is -2.09. The molecule has 1 aromatic heterocycles. The SMILES string of the molecule is Cn1cc(CCNS(=O)(=O)c2ccccc2CN)cn1. The van der Waals surface area contributed by atoms with Crippen LogP contribution in [0.3, 0.4) is 0 Å². The van der Waals surface area contributed by atoms with Crippen molar-refractivity contribution in [3.8, 4) is 0 Å². The Balaban J connectivity index is 2.04. The van der Waals surface area contributed by atoms with Gasteiger partial charge >= 0.3 is 0 Å². The molecule has 0 amide bonds. The summed E-state index contributed by atoms with van der Waals surface area (Å²) >= 11 is 0. The maximum absolute atomic E-state index is 12.2. The third-order valence-electron chi connectivity index (χ3n) is 2.95. The number of benzene rings is 1. The monoisotopic (exact) mass is 294 g/mol. The van der Waals surface area contributed by atoms with Crippen molar-refractivity contribution >= 4 is 10.0 Å². The standard InChI is InChI=1S/C13H18N4O2S/c1-17-10-11(9-15-17)6-7-16-20(18,19)13-5-3-2-4-12(13)8-14/h2-5,9-10,16H,6-8,14H2,1H3. The predicted octanol–water partition coefficient (Wildman–Crippen LogP) is 0.400. The Hall–Kier alpha value is -1.70. The first-order valence-corrected chi connectivity index (χ1v) is 7.76. The minimum absolute atomic E-state index is 0.194. The molecule has 1 aromatic carbocycles. The van der Waals surface area contributed by atoms with Gasteiger partial charge in [-0.05, 0) is 23.6 Å². The molecule has 0 saturated carbocycles. The van der Waals surface area contributed by atoms with E-state index in [2.05, 4.69) is 9.82 Å². The first kappa shape index (κ1) is 14.7. The van der Waals surface area contributed by atoms with Gasteiger partial charge in [0.2, 0.25) is 10.0 Å². The first-order valence-electron chi connectivity index (χ1n) is 6.28. The van der Waals surface area contributed by atoms with Gasteiger partial charge < -0.3 is 5.73 Å². The molecule has 1 heterocycles. The van der Waals surface area contributed by atoms with Crippen molar-refractivity contribution in [2.24, 2.45) is 12.8 Å². The van der Waals surface area contributed by atoms with E-state index in [-0.39, 0.29) is 11.4 Å². The molecule has 0 spiro atoms. The van der Waals surface area contributed by atoms with Gasteiger partial charge in [-0.3, -0.25) is 4.68 Å². The van der Waals surface area contributed by atoms with Crippen LogP contribution in [0.25, 0.3) is 0 Å². The molecule has 6 nitrogen and oxygen atoms in total. The zero-order valence-electron chi connectivity index (χ0n) is 11.3. The number of nitrogens with zero attached hydrogens (tertiary/aromatic N) is 2. The largest absolute Gasteiger partial charge is 0.326 e. The van der Waals surface area contributed by atoms with Gasteiger partial charge in [0, 0.05) is 26.3 Å². The predicted molar refractivity (Wildman–Crippen MR) is 76.4 cm³/mol. The van der Waals surface area contributed by atoms with Crippen LogP contribution in [0.15, 0.2) is 41.6 Å². The molecule has 0 aliphatic rings. The molecular formula is C13H18N4O2S. The fraction of sp³-hybridized carbons (Fsp3) is 0.308. The molecule has 2 aromatic rings. The Kier molecular flexibility index (Phi) is 4.53. The highest BCUT2D eigenvalue weighted by atomic mass is 32.2. The second kappa shape index (κ2) is 6.17. The molecule has 7 heteroatoms. The van der Waals surface area contributed by atoms with Gasteiger partial charge in [0.05, 0.1) is 11.1 Å². The van der Waals surface area contributed by atoms with Crippen molar-refractivity contribution in [1.29, 1.82) is 0 Å². The van der Waals surface area contributed by atoms with Crippen LogP contribution >= 0.6 is 0 Å². The fourth-order valence-electron chi connectivity index (χ4n) is 1.94. The zero-order valence-corrected chi connectivity index (χ0v) is 12.1. The lowest BCUT2D eigenvalue weighted by molar-refractivity contribution is 0.580. The number of nitrogens with two attached hydrogens (primary N) is 1. The average Bonchev–Trinajstić information content (AvgIpc) is 2.84. The number of hydrogen-bond donors (Lipinski definition) is 2. The average molecular weight is 294 g/mol. The van der Waals surface area contributed by atoms with Crippen LogP contribution in [0.2, 0.25) is 0 Å². The van der Waals surface area contributed by atoms with Crippen LogP contribution in [0.5, 0.6) is 0 Å². The van der Waals surface area contributed by atoms with Gasteiger partial charge in [-0.2, -0.15) is 5.10 Å². The second-order valence-corrected chi connectivity index (χ2v) is 6.22. The summed E-state index contributed by atoms with van der Waals surface area (Å²) in [4.78, 5) is 0.244. The van der Waals surface area contributed by atoms with E-state index in [1.54, 1.807) is 35.1 Å². The van der Waals surface area contributed by atoms with Crippen molar-refractivity contribution in [2.75, 3.05) is 6.54 Å². The molecule has 108 valence electrons. The maximum atomic E-state index is 12.2. The molecular weight excluding hydrogens is 276 g/mol. The van der Waals surface area contributed by atoms with Crippen molar-refractivity contribution in [2.45, 2.75) is 17.9 Å². The van der Waals surface area contributed by atoms with Gasteiger partial charge in [0.25, 0.3) is 0 Å². The van der Waals surface area contributed by atoms with E-state index in [1.165, 1.54) is 0 Å². The van der Waals surface area contributed by atoms with Crippen molar-refractivity contribution in [1.82, 2.24) is 14.5 Å². The normalized spacial score (nSPS) is 11.7. The minimum atomic E-state index is -3.52. The summed E-state index contributed by atoms with van der Waals surface area (Å²) < 4.78 is 28.7. The smallest absolute Gasteiger partial charge is 0.240 e. The highest BCUT2D eigenvalue weighted by Crippen LogP contribution is 2.14. The van der Waals surface area contributed by atoms with E-state index in [0.29, 0.717) is 18.5 Å². The zero-order chi connectivity index (χ0) is 14.6. The third-order valence-corrected chi connectivity index (χ3v) is 4.51. The molecule has 0 aliphatic heterocycles. The van der Waals surface area contributed by atoms with Crippen LogP contribution in [0, 0.1) is 0 Å². The van der Waals surface area contributed by atoms with Crippen LogP contribution in [0.4, 0.5) is 0 Å². The Bertz CT molecular complexity index is 679. The van der Waals surface area contributed by atoms with Crippen LogP contribution in [0.1, 0.15) is 11.1 Å². The molecule has 0 fully saturated rings. The topological polar surface area (TPSA) is 90.0 Å². The molecule has 0 aliphatic carbocycles. The van der Waals surface area contributed by atoms with Gasteiger partial charge in [0.1, 0.15) is 0 Å². The lowest BCUT2D eigenvalue weighted by atomic mass is 10.2. The summed E-state index contributed by atoms with van der Waals surface area (Å²) in [6.07, 6.45) is 4.18. The lowest BCUT2D eigenvalue weighted by Crippen LogP contribution is -2.27. The van der Waals surface area contributed by atoms with Gasteiger partial charge in [-0.25, -0.2) is 13.1 Å². The molecule has 0 bridgehead atoms. The third kappa shape index (κ3) is 3.44. The number of rotatable bonds is 6. The summed E-state index contributed by atoms with van der Waals surface area (Å²) in [5.74, 6) is 0. The van der Waals surface area contributed by atoms with Crippen molar-refractivity contribution in [3.63, 3.8) is 0 Å². The Morgan fingerprint density at radius 1 is 1.35 bits per heavy atom. The summed E-state index contributed by atoms with van der Waals surface area (Å²) in [5.41, 5.74) is 7.17. The summed E-state index contributed by atoms with van der Waals surface area (Å²) in [7, 11) is -1.70. The molecule has 0 radical (unpaired) electrons. The molecule has 20 heavy (non-hydrogen) atoms. The van der Waals surface area contributed by atoms with Crippen LogP contribution in [-0.2, 0) is 30.0 Å². The number of hydrogen-bond acceptors (Lipinski definition) is 4. The quantitative estimate of drug-likeness (QED) is 0.807. The number of nitrogens with one attached hydrogen (secondary N) is 1. The molecule has 0 unspecified atom stereocenters. The summed E-state index contributed by atoms with van der Waals surface area (Å²) in [6, 6.07) is 6.75. The van der Waals surface area contributed by atoms with E-state index in [0.717, 1.165) is 5.56 Å². The number of aromatic nitrogens is 2. The summed E-state index contributed by atoms with van der Waals surface area (Å²) in [6.45, 7) is 0.520. The molecule has 3 N–H and O–H groups in total. The molecule has 2 rings (SSSR count). The Labute approximate surface area is 118 Å². The second-order valence-electron chi connectivity index (χ2n) is 4.48. The minimum Gasteiger partial charge on any atom is -0.326 e. The number of sulfonamides is 1. The van der Waals surface area contributed by atoms with E-state index in [4.69, 9.17) is 5.73 Å². The van der Waals surface area contributed by atoms with Crippen molar-refractivity contribution < 1.29 is 8.42 Å². The van der Waals surface area contributed by atoms with E-state index in [9.17, 15) is 8.42 Å². The molecule has 0 saturated heterocycles. The van der Waals surface area contributed by atoms with Crippen LogP contribution < -0.4 is 10.5 Å². The Morgan fingerprint density at radius 3 is 2.75 bits per heavy atom. The first-order chi connectivity index (χ1) is 9.53. The fourth-order valence-corrected chi connectivity index (χ4v) is 3.22. The van der Waals surface area contributed by atoms with Crippen LogP contribution in [-0.4, -0.2) is 24.7 Å². The summed E-state index contributed by atoms with van der Waals surface area (Å²) in [5, 5.41) is 4.04. The van der Waals surface area contributed by atoms with Crippen molar-refractivity contribution in [3.05, 3.63) is 47.8 Å². The maximum Gasteiger partial charge on any atom is 0.240 e. The van der Waals surface area contributed by atoms with Gasteiger partial charge in [0.15, 0.2) is 0 Å². The highest BCUT2D eigenvalue weighted by Gasteiger charge is 2.16.